The molecule has 2 fully saturated rings. The molecule has 0 amide bonds. The van der Waals surface area contributed by atoms with Crippen LogP contribution in [-0.4, -0.2) is 37.1 Å². The van der Waals surface area contributed by atoms with Crippen LogP contribution in [0.15, 0.2) is 0 Å². The van der Waals surface area contributed by atoms with E-state index in [1.807, 2.05) is 0 Å². The van der Waals surface area contributed by atoms with Gasteiger partial charge in [0.2, 0.25) is 0 Å². The van der Waals surface area contributed by atoms with Crippen molar-refractivity contribution in [2.45, 2.75) is 51.6 Å². The van der Waals surface area contributed by atoms with Crippen LogP contribution in [0.25, 0.3) is 0 Å². The lowest BCUT2D eigenvalue weighted by Gasteiger charge is -2.24. The van der Waals surface area contributed by atoms with Crippen LogP contribution in [0.5, 0.6) is 0 Å². The van der Waals surface area contributed by atoms with Crippen molar-refractivity contribution >= 4 is 0 Å². The summed E-state index contributed by atoms with van der Waals surface area (Å²) in [6, 6.07) is 1.64. The molecule has 1 N–H and O–H groups in total. The fourth-order valence-corrected chi connectivity index (χ4v) is 3.00. The van der Waals surface area contributed by atoms with Crippen molar-refractivity contribution in [1.29, 1.82) is 0 Å². The Morgan fingerprint density at radius 2 is 2.00 bits per heavy atom. The Kier molecular flexibility index (Phi) is 3.68. The first-order valence-corrected chi connectivity index (χ1v) is 6.64. The van der Waals surface area contributed by atoms with E-state index in [-0.39, 0.29) is 0 Å². The molecule has 2 aliphatic rings. The molecular weight excluding hydrogens is 184 g/mol. The van der Waals surface area contributed by atoms with Gasteiger partial charge in [0.25, 0.3) is 0 Å². The molecule has 2 nitrogen and oxygen atoms in total. The van der Waals surface area contributed by atoms with Gasteiger partial charge < -0.3 is 10.2 Å². The van der Waals surface area contributed by atoms with Gasteiger partial charge in [-0.15, -0.1) is 0 Å². The van der Waals surface area contributed by atoms with E-state index in [1.165, 1.54) is 32.2 Å². The highest BCUT2D eigenvalue weighted by atomic mass is 15.1. The van der Waals surface area contributed by atoms with Crippen molar-refractivity contribution < 1.29 is 0 Å². The minimum atomic E-state index is 0.791. The molecule has 0 aliphatic heterocycles. The highest BCUT2D eigenvalue weighted by Crippen LogP contribution is 2.39. The van der Waals surface area contributed by atoms with Gasteiger partial charge in [0.1, 0.15) is 0 Å². The predicted molar refractivity (Wildman–Crippen MR) is 65.0 cm³/mol. The molecule has 4 unspecified atom stereocenters. The lowest BCUT2D eigenvalue weighted by atomic mass is 10.2. The van der Waals surface area contributed by atoms with E-state index < -0.39 is 0 Å². The Hall–Kier alpha value is -0.0800. The second-order valence-electron chi connectivity index (χ2n) is 5.63. The number of hydrogen-bond donors (Lipinski definition) is 1. The molecule has 0 aromatic heterocycles. The highest BCUT2D eigenvalue weighted by molar-refractivity contribution is 4.90. The third-order valence-corrected chi connectivity index (χ3v) is 4.32. The first kappa shape index (κ1) is 11.4. The quantitative estimate of drug-likeness (QED) is 0.747. The monoisotopic (exact) mass is 210 g/mol. The summed E-state index contributed by atoms with van der Waals surface area (Å²) in [6.45, 7) is 7.06. The first-order valence-electron chi connectivity index (χ1n) is 6.64. The maximum Gasteiger partial charge on any atom is 0.0108 e. The van der Waals surface area contributed by atoms with Gasteiger partial charge in [-0.25, -0.2) is 0 Å². The third kappa shape index (κ3) is 2.94. The highest BCUT2D eigenvalue weighted by Gasteiger charge is 2.35. The van der Waals surface area contributed by atoms with Gasteiger partial charge in [-0.1, -0.05) is 13.8 Å². The Labute approximate surface area is 94.4 Å². The molecule has 0 bridgehead atoms. The maximum atomic E-state index is 3.58. The van der Waals surface area contributed by atoms with Gasteiger partial charge >= 0.3 is 0 Å². The van der Waals surface area contributed by atoms with Crippen LogP contribution in [0.4, 0.5) is 0 Å². The molecule has 0 spiro atoms. The molecule has 2 rings (SSSR count). The molecule has 0 aromatic rings. The summed E-state index contributed by atoms with van der Waals surface area (Å²) in [5.74, 6) is 2.01. The number of nitrogens with one attached hydrogen (secondary N) is 1. The van der Waals surface area contributed by atoms with Crippen LogP contribution >= 0.6 is 0 Å². The summed E-state index contributed by atoms with van der Waals surface area (Å²) in [4.78, 5) is 2.62. The second-order valence-corrected chi connectivity index (χ2v) is 5.63. The Bertz CT molecular complexity index is 205. The van der Waals surface area contributed by atoms with Crippen LogP contribution in [-0.2, 0) is 0 Å². The summed E-state index contributed by atoms with van der Waals surface area (Å²) in [7, 11) is 2.32. The fraction of sp³-hybridized carbons (Fsp3) is 1.00. The molecule has 0 saturated heterocycles. The first-order chi connectivity index (χ1) is 7.20. The van der Waals surface area contributed by atoms with E-state index >= 15 is 0 Å². The molecule has 2 saturated carbocycles. The van der Waals surface area contributed by atoms with Crippen molar-refractivity contribution in [3.05, 3.63) is 0 Å². The molecule has 2 heteroatoms. The lowest BCUT2D eigenvalue weighted by Crippen LogP contribution is -2.34. The second kappa shape index (κ2) is 4.84. The standard InChI is InChI=1S/C13H26N2/c1-4-14-12-5-6-13(8-12)15(3)9-11-7-10(11)2/h10-14H,4-9H2,1-3H3. The minimum absolute atomic E-state index is 0.791. The minimum Gasteiger partial charge on any atom is -0.314 e. The molecular formula is C13H26N2. The van der Waals surface area contributed by atoms with E-state index in [2.05, 4.69) is 31.1 Å². The van der Waals surface area contributed by atoms with Gasteiger partial charge in [0.15, 0.2) is 0 Å². The fourth-order valence-electron chi connectivity index (χ4n) is 3.00. The molecule has 0 radical (unpaired) electrons. The van der Waals surface area contributed by atoms with Crippen LogP contribution < -0.4 is 5.32 Å². The largest absolute Gasteiger partial charge is 0.314 e. The smallest absolute Gasteiger partial charge is 0.0108 e. The van der Waals surface area contributed by atoms with Crippen molar-refractivity contribution in [3.8, 4) is 0 Å². The van der Waals surface area contributed by atoms with Crippen LogP contribution in [0, 0.1) is 11.8 Å². The SMILES string of the molecule is CCNC1CCC(N(C)CC2CC2C)C1. The Morgan fingerprint density at radius 1 is 1.27 bits per heavy atom. The number of nitrogens with zero attached hydrogens (tertiary/aromatic N) is 1. The summed E-state index contributed by atoms with van der Waals surface area (Å²) in [5, 5.41) is 3.58. The summed E-state index contributed by atoms with van der Waals surface area (Å²) < 4.78 is 0. The van der Waals surface area contributed by atoms with Crippen molar-refractivity contribution in [2.24, 2.45) is 11.8 Å². The average Bonchev–Trinajstić information content (AvgIpc) is 2.72. The zero-order valence-electron chi connectivity index (χ0n) is 10.5. The van der Waals surface area contributed by atoms with Gasteiger partial charge in [0.05, 0.1) is 0 Å². The number of hydrogen-bond acceptors (Lipinski definition) is 2. The van der Waals surface area contributed by atoms with Crippen molar-refractivity contribution in [3.63, 3.8) is 0 Å². The van der Waals surface area contributed by atoms with Crippen molar-refractivity contribution in [1.82, 2.24) is 10.2 Å². The molecule has 0 heterocycles. The molecule has 4 atom stereocenters. The van der Waals surface area contributed by atoms with E-state index in [1.54, 1.807) is 0 Å². The average molecular weight is 210 g/mol. The van der Waals surface area contributed by atoms with Crippen LogP contribution in [0.2, 0.25) is 0 Å². The van der Waals surface area contributed by atoms with Gasteiger partial charge in [-0.2, -0.15) is 0 Å². The van der Waals surface area contributed by atoms with Gasteiger partial charge in [-0.3, -0.25) is 0 Å². The Morgan fingerprint density at radius 3 is 2.60 bits per heavy atom. The van der Waals surface area contributed by atoms with Crippen molar-refractivity contribution in [2.75, 3.05) is 20.1 Å². The van der Waals surface area contributed by atoms with E-state index in [0.717, 1.165) is 30.5 Å². The normalized spacial score (nSPS) is 40.0. The molecule has 15 heavy (non-hydrogen) atoms. The summed E-state index contributed by atoms with van der Waals surface area (Å²) >= 11 is 0. The zero-order valence-corrected chi connectivity index (χ0v) is 10.5. The van der Waals surface area contributed by atoms with Crippen LogP contribution in [0.3, 0.4) is 0 Å². The Balaban J connectivity index is 1.70. The third-order valence-electron chi connectivity index (χ3n) is 4.32. The van der Waals surface area contributed by atoms with Gasteiger partial charge in [0, 0.05) is 18.6 Å². The van der Waals surface area contributed by atoms with Gasteiger partial charge in [-0.05, 0) is 51.1 Å². The molecule has 0 aromatic carbocycles. The van der Waals surface area contributed by atoms with Crippen LogP contribution in [0.1, 0.15) is 39.5 Å². The lowest BCUT2D eigenvalue weighted by molar-refractivity contribution is 0.229. The zero-order chi connectivity index (χ0) is 10.8. The predicted octanol–water partition coefficient (Wildman–Crippen LogP) is 2.10. The maximum absolute atomic E-state index is 3.58. The molecule has 2 aliphatic carbocycles. The van der Waals surface area contributed by atoms with E-state index in [4.69, 9.17) is 0 Å². The summed E-state index contributed by atoms with van der Waals surface area (Å²) in [6.07, 6.45) is 5.61. The van der Waals surface area contributed by atoms with E-state index in [9.17, 15) is 0 Å². The summed E-state index contributed by atoms with van der Waals surface area (Å²) in [5.41, 5.74) is 0. The molecule has 88 valence electrons. The van der Waals surface area contributed by atoms with E-state index in [0.29, 0.717) is 0 Å². The topological polar surface area (TPSA) is 15.3 Å². The number of rotatable bonds is 5.